The van der Waals surface area contributed by atoms with Crippen LogP contribution in [0.5, 0.6) is 0 Å². The molecule has 0 saturated carbocycles. The minimum absolute atomic E-state index is 0.0758. The molecule has 0 aliphatic heterocycles. The number of nitrogens with two attached hydrogens (primary N) is 1. The van der Waals surface area contributed by atoms with Gasteiger partial charge in [-0.15, -0.1) is 0 Å². The van der Waals surface area contributed by atoms with E-state index in [4.69, 9.17) is 17.3 Å². The zero-order valence-electron chi connectivity index (χ0n) is 13.6. The van der Waals surface area contributed by atoms with Gasteiger partial charge >= 0.3 is 0 Å². The Kier molecular flexibility index (Phi) is 5.11. The maximum Gasteiger partial charge on any atom is 0.261 e. The molecule has 2 aromatic carbocycles. The maximum absolute atomic E-state index is 12.5. The van der Waals surface area contributed by atoms with Crippen LogP contribution in [0.25, 0.3) is 10.9 Å². The molecule has 7 nitrogen and oxygen atoms in total. The summed E-state index contributed by atoms with van der Waals surface area (Å²) in [6, 6.07) is 11.2. The number of fused-ring (bicyclic) bond motifs is 1. The summed E-state index contributed by atoms with van der Waals surface area (Å²) in [6.45, 7) is -0.272. The molecule has 0 unspecified atom stereocenters. The van der Waals surface area contributed by atoms with Crippen LogP contribution < -0.4 is 16.6 Å². The van der Waals surface area contributed by atoms with Gasteiger partial charge in [-0.2, -0.15) is 0 Å². The summed E-state index contributed by atoms with van der Waals surface area (Å²) >= 11 is 5.91. The summed E-state index contributed by atoms with van der Waals surface area (Å²) in [6.07, 6.45) is 1.32. The molecule has 0 aliphatic rings. The molecule has 0 atom stereocenters. The van der Waals surface area contributed by atoms with Gasteiger partial charge in [-0.1, -0.05) is 11.6 Å². The normalized spacial score (nSPS) is 10.7. The highest BCUT2D eigenvalue weighted by molar-refractivity contribution is 6.31. The van der Waals surface area contributed by atoms with Crippen molar-refractivity contribution in [1.29, 1.82) is 0 Å². The quantitative estimate of drug-likeness (QED) is 0.666. The van der Waals surface area contributed by atoms with E-state index in [9.17, 15) is 14.4 Å². The van der Waals surface area contributed by atoms with E-state index >= 15 is 0 Å². The molecule has 0 spiro atoms. The first-order chi connectivity index (χ1) is 12.5. The summed E-state index contributed by atoms with van der Waals surface area (Å²) in [5.74, 6) is -0.580. The van der Waals surface area contributed by atoms with Crippen LogP contribution in [0, 0.1) is 0 Å². The van der Waals surface area contributed by atoms with Gasteiger partial charge in [0.1, 0.15) is 6.54 Å². The van der Waals surface area contributed by atoms with Gasteiger partial charge in [0.25, 0.3) is 5.56 Å². The average molecular weight is 371 g/mol. The van der Waals surface area contributed by atoms with Crippen molar-refractivity contribution in [3.63, 3.8) is 0 Å². The fraction of sp³-hybridized carbons (Fsp3) is 0.111. The van der Waals surface area contributed by atoms with Crippen molar-refractivity contribution in [2.75, 3.05) is 11.9 Å². The molecule has 1 amide bonds. The lowest BCUT2D eigenvalue weighted by molar-refractivity contribution is -0.116. The number of hydrogen-bond donors (Lipinski definition) is 2. The number of nitrogens with one attached hydrogen (secondary N) is 1. The maximum atomic E-state index is 12.5. The molecule has 26 heavy (non-hydrogen) atoms. The molecule has 1 heterocycles. The minimum atomic E-state index is -0.395. The Morgan fingerprint density at radius 1 is 1.15 bits per heavy atom. The highest BCUT2D eigenvalue weighted by atomic mass is 35.5. The van der Waals surface area contributed by atoms with Gasteiger partial charge < -0.3 is 11.1 Å². The third-order valence-electron chi connectivity index (χ3n) is 3.78. The molecule has 0 radical (unpaired) electrons. The predicted octanol–water partition coefficient (Wildman–Crippen LogP) is 1.83. The average Bonchev–Trinajstić information content (AvgIpc) is 2.64. The van der Waals surface area contributed by atoms with Crippen molar-refractivity contribution in [3.8, 4) is 0 Å². The van der Waals surface area contributed by atoms with Gasteiger partial charge in [-0.25, -0.2) is 4.98 Å². The van der Waals surface area contributed by atoms with Crippen LogP contribution in [0.2, 0.25) is 5.02 Å². The number of halogens is 1. The van der Waals surface area contributed by atoms with Crippen LogP contribution >= 0.6 is 11.6 Å². The summed E-state index contributed by atoms with van der Waals surface area (Å²) in [4.78, 5) is 40.3. The highest BCUT2D eigenvalue weighted by Gasteiger charge is 2.10. The topological polar surface area (TPSA) is 107 Å². The fourth-order valence-electron chi connectivity index (χ4n) is 2.46. The SMILES string of the molecule is NCC(=O)c1ccc(NC(=O)Cn2cnc3ccc(Cl)cc3c2=O)cc1. The standard InChI is InChI=1S/C18H15ClN4O3/c19-12-3-6-15-14(7-12)18(26)23(10-21-15)9-17(25)22-13-4-1-11(2-5-13)16(24)8-20/h1-7,10H,8-9,20H2,(H,22,25). The molecule has 3 aromatic rings. The summed E-state index contributed by atoms with van der Waals surface area (Å²) in [7, 11) is 0. The second-order valence-electron chi connectivity index (χ2n) is 5.59. The van der Waals surface area contributed by atoms with E-state index in [-0.39, 0.29) is 24.4 Å². The minimum Gasteiger partial charge on any atom is -0.325 e. The van der Waals surface area contributed by atoms with Gasteiger partial charge in [0, 0.05) is 16.3 Å². The summed E-state index contributed by atoms with van der Waals surface area (Å²) in [5, 5.41) is 3.43. The van der Waals surface area contributed by atoms with Crippen LogP contribution in [-0.4, -0.2) is 27.8 Å². The number of Topliss-reactive ketones (excluding diaryl/α,β-unsaturated/α-hetero) is 1. The Hall–Kier alpha value is -3.03. The summed E-state index contributed by atoms with van der Waals surface area (Å²) in [5.41, 5.74) is 6.44. The molecule has 0 aliphatic carbocycles. The van der Waals surface area contributed by atoms with Crippen molar-refractivity contribution >= 4 is 39.9 Å². The number of nitrogens with zero attached hydrogens (tertiary/aromatic N) is 2. The van der Waals surface area contributed by atoms with E-state index in [0.717, 1.165) is 0 Å². The molecule has 0 fully saturated rings. The van der Waals surface area contributed by atoms with Gasteiger partial charge in [0.15, 0.2) is 5.78 Å². The zero-order chi connectivity index (χ0) is 18.7. The van der Waals surface area contributed by atoms with E-state index in [1.54, 1.807) is 36.4 Å². The number of ketones is 1. The number of hydrogen-bond acceptors (Lipinski definition) is 5. The fourth-order valence-corrected chi connectivity index (χ4v) is 2.63. The van der Waals surface area contributed by atoms with Gasteiger partial charge in [0.05, 0.1) is 23.8 Å². The van der Waals surface area contributed by atoms with Crippen LogP contribution in [0.3, 0.4) is 0 Å². The molecule has 0 saturated heterocycles. The number of rotatable bonds is 5. The largest absolute Gasteiger partial charge is 0.325 e. The van der Waals surface area contributed by atoms with Crippen LogP contribution in [0.1, 0.15) is 10.4 Å². The highest BCUT2D eigenvalue weighted by Crippen LogP contribution is 2.14. The van der Waals surface area contributed by atoms with Crippen molar-refractivity contribution in [1.82, 2.24) is 9.55 Å². The molecule has 132 valence electrons. The Labute approximate surface area is 153 Å². The number of benzene rings is 2. The zero-order valence-corrected chi connectivity index (χ0v) is 14.4. The van der Waals surface area contributed by atoms with Crippen molar-refractivity contribution < 1.29 is 9.59 Å². The molecule has 0 bridgehead atoms. The molecule has 8 heteroatoms. The van der Waals surface area contributed by atoms with Crippen LogP contribution in [-0.2, 0) is 11.3 Å². The molecule has 3 rings (SSSR count). The predicted molar refractivity (Wildman–Crippen MR) is 99.5 cm³/mol. The molecular weight excluding hydrogens is 356 g/mol. The Morgan fingerprint density at radius 3 is 2.58 bits per heavy atom. The smallest absolute Gasteiger partial charge is 0.261 e. The van der Waals surface area contributed by atoms with Crippen molar-refractivity contribution in [2.45, 2.75) is 6.54 Å². The van der Waals surface area contributed by atoms with E-state index in [1.807, 2.05) is 0 Å². The first-order valence-corrected chi connectivity index (χ1v) is 8.13. The monoisotopic (exact) mass is 370 g/mol. The number of aromatic nitrogens is 2. The van der Waals surface area contributed by atoms with Crippen molar-refractivity contribution in [3.05, 3.63) is 69.7 Å². The van der Waals surface area contributed by atoms with Crippen LogP contribution in [0.15, 0.2) is 53.6 Å². The number of carbonyl (C=O) groups is 2. The van der Waals surface area contributed by atoms with E-state index in [2.05, 4.69) is 10.3 Å². The van der Waals surface area contributed by atoms with Gasteiger partial charge in [-0.05, 0) is 42.5 Å². The molecule has 3 N–H and O–H groups in total. The van der Waals surface area contributed by atoms with E-state index in [1.165, 1.54) is 17.0 Å². The second kappa shape index (κ2) is 7.47. The lowest BCUT2D eigenvalue weighted by Crippen LogP contribution is -2.27. The second-order valence-corrected chi connectivity index (χ2v) is 6.03. The lowest BCUT2D eigenvalue weighted by atomic mass is 10.1. The Bertz CT molecular complexity index is 1040. The van der Waals surface area contributed by atoms with Crippen LogP contribution in [0.4, 0.5) is 5.69 Å². The number of carbonyl (C=O) groups excluding carboxylic acids is 2. The Balaban J connectivity index is 1.76. The number of amides is 1. The van der Waals surface area contributed by atoms with E-state index < -0.39 is 5.91 Å². The van der Waals surface area contributed by atoms with Gasteiger partial charge in [-0.3, -0.25) is 19.0 Å². The summed E-state index contributed by atoms with van der Waals surface area (Å²) < 4.78 is 1.21. The third-order valence-corrected chi connectivity index (χ3v) is 4.01. The first kappa shape index (κ1) is 17.8. The molecular formula is C18H15ClN4O3. The van der Waals surface area contributed by atoms with Gasteiger partial charge in [0.2, 0.25) is 5.91 Å². The molecule has 1 aromatic heterocycles. The van der Waals surface area contributed by atoms with E-state index in [0.29, 0.717) is 27.2 Å². The third kappa shape index (κ3) is 3.79. The number of anilines is 1. The Morgan fingerprint density at radius 2 is 1.88 bits per heavy atom. The first-order valence-electron chi connectivity index (χ1n) is 7.76. The lowest BCUT2D eigenvalue weighted by Gasteiger charge is -2.08. The van der Waals surface area contributed by atoms with Crippen molar-refractivity contribution in [2.24, 2.45) is 5.73 Å².